The summed E-state index contributed by atoms with van der Waals surface area (Å²) in [6, 6.07) is 0.512. The zero-order valence-corrected chi connectivity index (χ0v) is 10.5. The predicted octanol–water partition coefficient (Wildman–Crippen LogP) is 1.54. The molecule has 0 bridgehead atoms. The summed E-state index contributed by atoms with van der Waals surface area (Å²) < 4.78 is 16.4. The Balaban J connectivity index is 2.06. The first-order chi connectivity index (χ1) is 7.86. The quantitative estimate of drug-likeness (QED) is 0.643. The number of hydrogen-bond acceptors (Lipinski definition) is 4. The van der Waals surface area contributed by atoms with Gasteiger partial charge >= 0.3 is 0 Å². The fourth-order valence-corrected chi connectivity index (χ4v) is 1.89. The highest BCUT2D eigenvalue weighted by molar-refractivity contribution is 4.69. The molecule has 0 aliphatic carbocycles. The van der Waals surface area contributed by atoms with E-state index < -0.39 is 0 Å². The van der Waals surface area contributed by atoms with Gasteiger partial charge in [-0.25, -0.2) is 0 Å². The van der Waals surface area contributed by atoms with Crippen molar-refractivity contribution in [1.29, 1.82) is 0 Å². The summed E-state index contributed by atoms with van der Waals surface area (Å²) in [5, 5.41) is 3.48. The molecule has 16 heavy (non-hydrogen) atoms. The van der Waals surface area contributed by atoms with Gasteiger partial charge < -0.3 is 19.5 Å². The van der Waals surface area contributed by atoms with E-state index in [0.29, 0.717) is 19.3 Å². The van der Waals surface area contributed by atoms with E-state index in [-0.39, 0.29) is 6.29 Å². The van der Waals surface area contributed by atoms with Crippen LogP contribution in [0.5, 0.6) is 0 Å². The van der Waals surface area contributed by atoms with Gasteiger partial charge in [0.05, 0.1) is 6.61 Å². The SMILES string of the molecule is CCOC(CCNC1CCCOC1)OCC. The van der Waals surface area contributed by atoms with Crippen molar-refractivity contribution < 1.29 is 14.2 Å². The van der Waals surface area contributed by atoms with Crippen LogP contribution in [0.25, 0.3) is 0 Å². The van der Waals surface area contributed by atoms with E-state index in [1.165, 1.54) is 6.42 Å². The summed E-state index contributed by atoms with van der Waals surface area (Å²) in [5.41, 5.74) is 0. The number of ether oxygens (including phenoxy) is 3. The second kappa shape index (κ2) is 8.93. The molecule has 1 aliphatic rings. The summed E-state index contributed by atoms with van der Waals surface area (Å²) in [4.78, 5) is 0. The van der Waals surface area contributed by atoms with Gasteiger partial charge in [-0.05, 0) is 26.7 Å². The van der Waals surface area contributed by atoms with Crippen molar-refractivity contribution in [3.63, 3.8) is 0 Å². The highest BCUT2D eigenvalue weighted by Gasteiger charge is 2.14. The van der Waals surface area contributed by atoms with Crippen LogP contribution in [0.3, 0.4) is 0 Å². The Morgan fingerprint density at radius 1 is 1.31 bits per heavy atom. The van der Waals surface area contributed by atoms with E-state index in [9.17, 15) is 0 Å². The molecule has 4 heteroatoms. The fourth-order valence-electron chi connectivity index (χ4n) is 1.89. The molecule has 0 aromatic heterocycles. The Labute approximate surface area is 98.6 Å². The van der Waals surface area contributed by atoms with E-state index in [4.69, 9.17) is 14.2 Å². The van der Waals surface area contributed by atoms with Crippen LogP contribution < -0.4 is 5.32 Å². The Hall–Kier alpha value is -0.160. The minimum absolute atomic E-state index is 0.0630. The third kappa shape index (κ3) is 5.80. The minimum atomic E-state index is -0.0630. The van der Waals surface area contributed by atoms with Gasteiger partial charge in [0.15, 0.2) is 6.29 Å². The molecule has 1 aliphatic heterocycles. The van der Waals surface area contributed by atoms with Crippen LogP contribution in [-0.2, 0) is 14.2 Å². The molecule has 0 amide bonds. The Bertz CT molecular complexity index is 154. The van der Waals surface area contributed by atoms with Crippen LogP contribution in [0.2, 0.25) is 0 Å². The van der Waals surface area contributed by atoms with Crippen LogP contribution in [0, 0.1) is 0 Å². The first-order valence-electron chi connectivity index (χ1n) is 6.41. The van der Waals surface area contributed by atoms with E-state index in [0.717, 1.165) is 32.6 Å². The van der Waals surface area contributed by atoms with Gasteiger partial charge in [-0.3, -0.25) is 0 Å². The summed E-state index contributed by atoms with van der Waals surface area (Å²) >= 11 is 0. The molecule has 1 fully saturated rings. The number of rotatable bonds is 8. The van der Waals surface area contributed by atoms with Crippen molar-refractivity contribution >= 4 is 0 Å². The topological polar surface area (TPSA) is 39.7 Å². The van der Waals surface area contributed by atoms with Crippen LogP contribution >= 0.6 is 0 Å². The van der Waals surface area contributed by atoms with E-state index >= 15 is 0 Å². The zero-order chi connectivity index (χ0) is 11.6. The largest absolute Gasteiger partial charge is 0.380 e. The molecule has 1 atom stereocenters. The Kier molecular flexibility index (Phi) is 7.76. The normalized spacial score (nSPS) is 21.6. The molecular weight excluding hydrogens is 206 g/mol. The van der Waals surface area contributed by atoms with Gasteiger partial charge in [0.25, 0.3) is 0 Å². The van der Waals surface area contributed by atoms with Gasteiger partial charge in [-0.1, -0.05) is 0 Å². The molecule has 1 unspecified atom stereocenters. The van der Waals surface area contributed by atoms with Crippen LogP contribution in [-0.4, -0.2) is 45.3 Å². The lowest BCUT2D eigenvalue weighted by molar-refractivity contribution is -0.139. The maximum absolute atomic E-state index is 5.48. The molecule has 96 valence electrons. The molecular formula is C12H25NO3. The lowest BCUT2D eigenvalue weighted by atomic mass is 10.1. The highest BCUT2D eigenvalue weighted by atomic mass is 16.7. The zero-order valence-electron chi connectivity index (χ0n) is 10.5. The molecule has 1 heterocycles. The monoisotopic (exact) mass is 231 g/mol. The van der Waals surface area contributed by atoms with E-state index in [1.54, 1.807) is 0 Å². The molecule has 0 aromatic carbocycles. The first-order valence-corrected chi connectivity index (χ1v) is 6.41. The Morgan fingerprint density at radius 2 is 2.06 bits per heavy atom. The maximum Gasteiger partial charge on any atom is 0.158 e. The van der Waals surface area contributed by atoms with Gasteiger partial charge in [0.1, 0.15) is 0 Å². The van der Waals surface area contributed by atoms with Gasteiger partial charge in [0, 0.05) is 38.8 Å². The van der Waals surface area contributed by atoms with Crippen molar-refractivity contribution in [2.24, 2.45) is 0 Å². The molecule has 1 saturated heterocycles. The number of hydrogen-bond donors (Lipinski definition) is 1. The second-order valence-electron chi connectivity index (χ2n) is 4.00. The molecule has 4 nitrogen and oxygen atoms in total. The van der Waals surface area contributed by atoms with Gasteiger partial charge in [-0.2, -0.15) is 0 Å². The third-order valence-corrected chi connectivity index (χ3v) is 2.68. The minimum Gasteiger partial charge on any atom is -0.380 e. The van der Waals surface area contributed by atoms with Crippen molar-refractivity contribution in [3.8, 4) is 0 Å². The Morgan fingerprint density at radius 3 is 2.62 bits per heavy atom. The number of nitrogens with one attached hydrogen (secondary N) is 1. The van der Waals surface area contributed by atoms with Crippen molar-refractivity contribution in [1.82, 2.24) is 5.32 Å². The standard InChI is InChI=1S/C12H25NO3/c1-3-15-12(16-4-2)7-8-13-11-6-5-9-14-10-11/h11-13H,3-10H2,1-2H3. The lowest BCUT2D eigenvalue weighted by Crippen LogP contribution is -2.38. The van der Waals surface area contributed by atoms with Crippen molar-refractivity contribution in [2.45, 2.75) is 45.4 Å². The summed E-state index contributed by atoms with van der Waals surface area (Å²) in [6.07, 6.45) is 3.22. The molecule has 0 spiro atoms. The predicted molar refractivity (Wildman–Crippen MR) is 63.5 cm³/mol. The maximum atomic E-state index is 5.48. The summed E-state index contributed by atoms with van der Waals surface area (Å²) in [5.74, 6) is 0. The molecule has 0 aromatic rings. The second-order valence-corrected chi connectivity index (χ2v) is 4.00. The molecule has 0 saturated carbocycles. The summed E-state index contributed by atoms with van der Waals surface area (Å²) in [6.45, 7) is 8.09. The molecule has 0 radical (unpaired) electrons. The molecule has 1 N–H and O–H groups in total. The van der Waals surface area contributed by atoms with E-state index in [1.807, 2.05) is 13.8 Å². The van der Waals surface area contributed by atoms with Gasteiger partial charge in [-0.15, -0.1) is 0 Å². The lowest BCUT2D eigenvalue weighted by Gasteiger charge is -2.24. The van der Waals surface area contributed by atoms with E-state index in [2.05, 4.69) is 5.32 Å². The fraction of sp³-hybridized carbons (Fsp3) is 1.00. The first kappa shape index (κ1) is 13.9. The van der Waals surface area contributed by atoms with Crippen LogP contribution in [0.15, 0.2) is 0 Å². The smallest absolute Gasteiger partial charge is 0.158 e. The third-order valence-electron chi connectivity index (χ3n) is 2.68. The van der Waals surface area contributed by atoms with Gasteiger partial charge in [0.2, 0.25) is 0 Å². The average molecular weight is 231 g/mol. The highest BCUT2D eigenvalue weighted by Crippen LogP contribution is 2.06. The summed E-state index contributed by atoms with van der Waals surface area (Å²) in [7, 11) is 0. The average Bonchev–Trinajstić information content (AvgIpc) is 2.31. The van der Waals surface area contributed by atoms with Crippen molar-refractivity contribution in [2.75, 3.05) is 33.0 Å². The van der Waals surface area contributed by atoms with Crippen LogP contribution in [0.4, 0.5) is 0 Å². The molecule has 1 rings (SSSR count). The van der Waals surface area contributed by atoms with Crippen LogP contribution in [0.1, 0.15) is 33.1 Å². The van der Waals surface area contributed by atoms with Crippen molar-refractivity contribution in [3.05, 3.63) is 0 Å².